The monoisotopic (exact) mass is 363 g/mol. The molecule has 0 saturated carbocycles. The first-order valence-corrected chi connectivity index (χ1v) is 8.05. The normalized spacial score (nSPS) is 13.0. The Morgan fingerprint density at radius 3 is 2.11 bits per heavy atom. The van der Waals surface area contributed by atoms with Gasteiger partial charge in [0.25, 0.3) is 17.4 Å². The standard InChI is InChI=1S/C19H13N3O5/c1-11-6-8-12(9-7-11)21-16(23)10-15(20-21)19(26)27-22-17(24)13-4-2-3-5-14(13)18(22)25/h2-10,20H,1H3. The molecular formula is C19H13N3O5. The molecule has 8 heteroatoms. The second kappa shape index (κ2) is 6.10. The Balaban J connectivity index is 1.59. The third-order valence-electron chi connectivity index (χ3n) is 4.16. The molecule has 0 spiro atoms. The van der Waals surface area contributed by atoms with Crippen molar-refractivity contribution in [3.63, 3.8) is 0 Å². The van der Waals surface area contributed by atoms with Crippen molar-refractivity contribution in [3.8, 4) is 5.69 Å². The van der Waals surface area contributed by atoms with Crippen LogP contribution in [-0.2, 0) is 4.84 Å². The molecular weight excluding hydrogens is 350 g/mol. The minimum Gasteiger partial charge on any atom is -0.323 e. The van der Waals surface area contributed by atoms with Gasteiger partial charge < -0.3 is 4.84 Å². The summed E-state index contributed by atoms with van der Waals surface area (Å²) in [6.45, 7) is 1.91. The molecule has 1 aliphatic rings. The Kier molecular flexibility index (Phi) is 3.73. The van der Waals surface area contributed by atoms with Crippen LogP contribution < -0.4 is 5.56 Å². The van der Waals surface area contributed by atoms with Crippen LogP contribution in [0.25, 0.3) is 5.69 Å². The van der Waals surface area contributed by atoms with E-state index in [0.717, 1.165) is 11.6 Å². The summed E-state index contributed by atoms with van der Waals surface area (Å²) in [4.78, 5) is 53.9. The lowest BCUT2D eigenvalue weighted by Crippen LogP contribution is -2.32. The van der Waals surface area contributed by atoms with Gasteiger partial charge in [-0.25, -0.2) is 9.48 Å². The van der Waals surface area contributed by atoms with E-state index in [1.165, 1.54) is 16.8 Å². The maximum atomic E-state index is 12.3. The number of nitrogens with one attached hydrogen (secondary N) is 1. The lowest BCUT2D eigenvalue weighted by molar-refractivity contribution is -0.0588. The number of hydroxylamine groups is 2. The smallest absolute Gasteiger partial charge is 0.323 e. The Hall–Kier alpha value is -3.94. The fourth-order valence-electron chi connectivity index (χ4n) is 2.77. The zero-order valence-electron chi connectivity index (χ0n) is 14.1. The molecule has 8 nitrogen and oxygen atoms in total. The van der Waals surface area contributed by atoms with E-state index < -0.39 is 23.3 Å². The SMILES string of the molecule is Cc1ccc(-n2[nH]c(C(=O)ON3C(=O)c4ccccc4C3=O)cc2=O)cc1. The van der Waals surface area contributed by atoms with E-state index in [1.54, 1.807) is 24.3 Å². The van der Waals surface area contributed by atoms with Crippen molar-refractivity contribution in [1.82, 2.24) is 14.8 Å². The van der Waals surface area contributed by atoms with E-state index >= 15 is 0 Å². The van der Waals surface area contributed by atoms with Crippen molar-refractivity contribution in [2.45, 2.75) is 6.92 Å². The summed E-state index contributed by atoms with van der Waals surface area (Å²) in [5.74, 6) is -2.49. The molecule has 4 rings (SSSR count). The van der Waals surface area contributed by atoms with Gasteiger partial charge in [0, 0.05) is 6.07 Å². The van der Waals surface area contributed by atoms with Crippen molar-refractivity contribution < 1.29 is 19.2 Å². The van der Waals surface area contributed by atoms with Gasteiger partial charge in [-0.3, -0.25) is 19.5 Å². The first kappa shape index (κ1) is 16.5. The number of fused-ring (bicyclic) bond motifs is 1. The van der Waals surface area contributed by atoms with Crippen molar-refractivity contribution in [1.29, 1.82) is 0 Å². The molecule has 0 radical (unpaired) electrons. The van der Waals surface area contributed by atoms with Gasteiger partial charge >= 0.3 is 5.97 Å². The van der Waals surface area contributed by atoms with Crippen LogP contribution in [0.2, 0.25) is 0 Å². The topological polar surface area (TPSA) is 101 Å². The number of carbonyl (C=O) groups is 3. The Morgan fingerprint density at radius 2 is 1.52 bits per heavy atom. The predicted octanol–water partition coefficient (Wildman–Crippen LogP) is 1.84. The molecule has 0 fully saturated rings. The fourth-order valence-corrected chi connectivity index (χ4v) is 2.77. The maximum Gasteiger partial charge on any atom is 0.381 e. The number of benzene rings is 2. The number of H-pyrrole nitrogens is 1. The highest BCUT2D eigenvalue weighted by Gasteiger charge is 2.39. The number of imide groups is 1. The van der Waals surface area contributed by atoms with Crippen LogP contribution in [0.5, 0.6) is 0 Å². The second-order valence-electron chi connectivity index (χ2n) is 6.01. The molecule has 0 saturated heterocycles. The van der Waals surface area contributed by atoms with Crippen LogP contribution in [-0.4, -0.2) is 32.6 Å². The van der Waals surface area contributed by atoms with Crippen LogP contribution in [0, 0.1) is 6.92 Å². The van der Waals surface area contributed by atoms with Gasteiger partial charge in [0.15, 0.2) is 0 Å². The number of hydrogen-bond donors (Lipinski definition) is 1. The number of aromatic amines is 1. The number of aryl methyl sites for hydroxylation is 1. The highest BCUT2D eigenvalue weighted by molar-refractivity contribution is 6.21. The van der Waals surface area contributed by atoms with Crippen molar-refractivity contribution >= 4 is 17.8 Å². The average Bonchev–Trinajstić information content (AvgIpc) is 3.17. The van der Waals surface area contributed by atoms with E-state index in [1.807, 2.05) is 19.1 Å². The van der Waals surface area contributed by atoms with Gasteiger partial charge in [-0.05, 0) is 31.2 Å². The summed E-state index contributed by atoms with van der Waals surface area (Å²) in [6, 6.07) is 14.3. The molecule has 1 aromatic heterocycles. The van der Waals surface area contributed by atoms with E-state index in [2.05, 4.69) is 5.10 Å². The molecule has 0 atom stereocenters. The molecule has 2 amide bonds. The van der Waals surface area contributed by atoms with Crippen molar-refractivity contribution in [2.24, 2.45) is 0 Å². The predicted molar refractivity (Wildman–Crippen MR) is 93.5 cm³/mol. The summed E-state index contributed by atoms with van der Waals surface area (Å²) < 4.78 is 1.17. The van der Waals surface area contributed by atoms with E-state index in [-0.39, 0.29) is 16.8 Å². The molecule has 134 valence electrons. The third-order valence-corrected chi connectivity index (χ3v) is 4.16. The zero-order valence-corrected chi connectivity index (χ0v) is 14.1. The van der Waals surface area contributed by atoms with Crippen molar-refractivity contribution in [2.75, 3.05) is 0 Å². The molecule has 2 heterocycles. The third kappa shape index (κ3) is 2.73. The second-order valence-corrected chi connectivity index (χ2v) is 6.01. The van der Waals surface area contributed by atoms with Crippen LogP contribution in [0.4, 0.5) is 0 Å². The van der Waals surface area contributed by atoms with Crippen LogP contribution in [0.3, 0.4) is 0 Å². The molecule has 0 unspecified atom stereocenters. The van der Waals surface area contributed by atoms with Crippen LogP contribution >= 0.6 is 0 Å². The Morgan fingerprint density at radius 1 is 0.926 bits per heavy atom. The summed E-state index contributed by atoms with van der Waals surface area (Å²) >= 11 is 0. The number of aromatic nitrogens is 2. The summed E-state index contributed by atoms with van der Waals surface area (Å²) in [5.41, 5.74) is 1.20. The molecule has 27 heavy (non-hydrogen) atoms. The molecule has 2 aromatic carbocycles. The highest BCUT2D eigenvalue weighted by atomic mass is 16.7. The van der Waals surface area contributed by atoms with Gasteiger partial charge in [-0.2, -0.15) is 0 Å². The van der Waals surface area contributed by atoms with Crippen molar-refractivity contribution in [3.05, 3.63) is 87.3 Å². The summed E-state index contributed by atoms with van der Waals surface area (Å²) in [7, 11) is 0. The largest absolute Gasteiger partial charge is 0.381 e. The zero-order chi connectivity index (χ0) is 19.1. The number of amides is 2. The minimum atomic E-state index is -1.02. The lowest BCUT2D eigenvalue weighted by atomic mass is 10.1. The van der Waals surface area contributed by atoms with E-state index in [9.17, 15) is 19.2 Å². The fraction of sp³-hybridized carbons (Fsp3) is 0.0526. The first-order chi connectivity index (χ1) is 13.0. The van der Waals surface area contributed by atoms with Gasteiger partial charge in [-0.15, -0.1) is 0 Å². The van der Waals surface area contributed by atoms with E-state index in [0.29, 0.717) is 10.8 Å². The number of hydrogen-bond acceptors (Lipinski definition) is 5. The Bertz CT molecular complexity index is 1110. The van der Waals surface area contributed by atoms with E-state index in [4.69, 9.17) is 4.84 Å². The highest BCUT2D eigenvalue weighted by Crippen LogP contribution is 2.23. The summed E-state index contributed by atoms with van der Waals surface area (Å²) in [5, 5.41) is 3.02. The molecule has 0 aliphatic carbocycles. The molecule has 3 aromatic rings. The minimum absolute atomic E-state index is 0.154. The average molecular weight is 363 g/mol. The molecule has 1 aliphatic heterocycles. The van der Waals surface area contributed by atoms with Crippen LogP contribution in [0.15, 0.2) is 59.4 Å². The quantitative estimate of drug-likeness (QED) is 0.716. The lowest BCUT2D eigenvalue weighted by Gasteiger charge is -2.11. The van der Waals surface area contributed by atoms with Gasteiger partial charge in [0.1, 0.15) is 5.69 Å². The Labute approximate surface area is 152 Å². The van der Waals surface area contributed by atoms with Gasteiger partial charge in [-0.1, -0.05) is 34.9 Å². The molecule has 0 bridgehead atoms. The maximum absolute atomic E-state index is 12.3. The van der Waals surface area contributed by atoms with Crippen LogP contribution in [0.1, 0.15) is 36.8 Å². The number of nitrogens with zero attached hydrogens (tertiary/aromatic N) is 2. The summed E-state index contributed by atoms with van der Waals surface area (Å²) in [6.07, 6.45) is 0. The number of rotatable bonds is 3. The van der Waals surface area contributed by atoms with Gasteiger partial charge in [0.05, 0.1) is 16.8 Å². The van der Waals surface area contributed by atoms with Gasteiger partial charge in [0.2, 0.25) is 0 Å². The first-order valence-electron chi connectivity index (χ1n) is 8.05. The molecule has 1 N–H and O–H groups in total. The number of carbonyl (C=O) groups excluding carboxylic acids is 3.